The summed E-state index contributed by atoms with van der Waals surface area (Å²) in [5, 5.41) is 0. The molecule has 0 spiro atoms. The van der Waals surface area contributed by atoms with Crippen molar-refractivity contribution in [2.75, 3.05) is 14.2 Å². The van der Waals surface area contributed by atoms with Crippen molar-refractivity contribution in [2.45, 2.75) is 38.3 Å². The fraction of sp³-hybridized carbons (Fsp3) is 0.571. The molecule has 0 fully saturated rings. The SMILES string of the molecule is COc1cccc(C(N)CCC(C)(C)OC)c1. The van der Waals surface area contributed by atoms with Gasteiger partial charge in [0.05, 0.1) is 12.7 Å². The van der Waals surface area contributed by atoms with Crippen LogP contribution in [0.1, 0.15) is 38.3 Å². The first kappa shape index (κ1) is 14.0. The predicted octanol–water partition coefficient (Wildman–Crippen LogP) is 2.90. The van der Waals surface area contributed by atoms with Crippen molar-refractivity contribution < 1.29 is 9.47 Å². The minimum absolute atomic E-state index is 0.0273. The Kier molecular flexibility index (Phi) is 4.97. The van der Waals surface area contributed by atoms with Gasteiger partial charge in [-0.2, -0.15) is 0 Å². The molecule has 1 aromatic carbocycles. The van der Waals surface area contributed by atoms with E-state index in [1.54, 1.807) is 14.2 Å². The van der Waals surface area contributed by atoms with Gasteiger partial charge in [0.1, 0.15) is 5.75 Å². The first-order chi connectivity index (χ1) is 7.98. The smallest absolute Gasteiger partial charge is 0.119 e. The molecule has 0 aliphatic carbocycles. The van der Waals surface area contributed by atoms with E-state index in [0.29, 0.717) is 0 Å². The summed E-state index contributed by atoms with van der Waals surface area (Å²) in [7, 11) is 3.40. The van der Waals surface area contributed by atoms with Crippen LogP contribution in [0.5, 0.6) is 5.75 Å². The molecule has 0 aliphatic heterocycles. The zero-order chi connectivity index (χ0) is 12.9. The van der Waals surface area contributed by atoms with Gasteiger partial charge in [-0.25, -0.2) is 0 Å². The highest BCUT2D eigenvalue weighted by atomic mass is 16.5. The van der Waals surface area contributed by atoms with Crippen molar-refractivity contribution in [3.8, 4) is 5.75 Å². The summed E-state index contributed by atoms with van der Waals surface area (Å²) in [6.45, 7) is 4.15. The van der Waals surface area contributed by atoms with Crippen LogP contribution < -0.4 is 10.5 Å². The minimum atomic E-state index is -0.115. The molecule has 96 valence electrons. The third-order valence-corrected chi connectivity index (χ3v) is 3.13. The second kappa shape index (κ2) is 6.03. The number of rotatable bonds is 6. The summed E-state index contributed by atoms with van der Waals surface area (Å²) in [6, 6.07) is 7.95. The summed E-state index contributed by atoms with van der Waals surface area (Å²) >= 11 is 0. The maximum Gasteiger partial charge on any atom is 0.119 e. The zero-order valence-corrected chi connectivity index (χ0v) is 11.2. The van der Waals surface area contributed by atoms with Crippen molar-refractivity contribution in [2.24, 2.45) is 5.73 Å². The lowest BCUT2D eigenvalue weighted by Gasteiger charge is -2.24. The van der Waals surface area contributed by atoms with Gasteiger partial charge in [-0.1, -0.05) is 12.1 Å². The monoisotopic (exact) mass is 237 g/mol. The Morgan fingerprint density at radius 2 is 2.00 bits per heavy atom. The second-order valence-corrected chi connectivity index (χ2v) is 4.89. The minimum Gasteiger partial charge on any atom is -0.497 e. The van der Waals surface area contributed by atoms with Crippen molar-refractivity contribution >= 4 is 0 Å². The van der Waals surface area contributed by atoms with E-state index in [9.17, 15) is 0 Å². The van der Waals surface area contributed by atoms with Gasteiger partial charge in [0.15, 0.2) is 0 Å². The summed E-state index contributed by atoms with van der Waals surface area (Å²) in [5.41, 5.74) is 7.16. The van der Waals surface area contributed by atoms with E-state index in [0.717, 1.165) is 24.2 Å². The molecule has 0 aliphatic rings. The molecule has 0 saturated carbocycles. The molecule has 1 aromatic rings. The highest BCUT2D eigenvalue weighted by Gasteiger charge is 2.18. The Bertz CT molecular complexity index is 350. The lowest BCUT2D eigenvalue weighted by atomic mass is 9.95. The van der Waals surface area contributed by atoms with Crippen molar-refractivity contribution in [1.29, 1.82) is 0 Å². The molecule has 0 radical (unpaired) electrons. The van der Waals surface area contributed by atoms with Crippen molar-refractivity contribution in [1.82, 2.24) is 0 Å². The van der Waals surface area contributed by atoms with Crippen LogP contribution in [-0.2, 0) is 4.74 Å². The summed E-state index contributed by atoms with van der Waals surface area (Å²) in [4.78, 5) is 0. The number of ether oxygens (including phenoxy) is 2. The van der Waals surface area contributed by atoms with Crippen LogP contribution in [0.15, 0.2) is 24.3 Å². The van der Waals surface area contributed by atoms with E-state index < -0.39 is 0 Å². The number of hydrogen-bond donors (Lipinski definition) is 1. The fourth-order valence-corrected chi connectivity index (χ4v) is 1.64. The fourth-order valence-electron chi connectivity index (χ4n) is 1.64. The summed E-state index contributed by atoms with van der Waals surface area (Å²) < 4.78 is 10.6. The molecular weight excluding hydrogens is 214 g/mol. The summed E-state index contributed by atoms with van der Waals surface area (Å²) in [5.74, 6) is 0.851. The topological polar surface area (TPSA) is 44.5 Å². The van der Waals surface area contributed by atoms with Crippen LogP contribution in [0.2, 0.25) is 0 Å². The van der Waals surface area contributed by atoms with Crippen molar-refractivity contribution in [3.63, 3.8) is 0 Å². The van der Waals surface area contributed by atoms with Gasteiger partial charge in [-0.3, -0.25) is 0 Å². The molecule has 0 amide bonds. The van der Waals surface area contributed by atoms with Gasteiger partial charge in [-0.05, 0) is 44.4 Å². The first-order valence-corrected chi connectivity index (χ1v) is 5.93. The highest BCUT2D eigenvalue weighted by molar-refractivity contribution is 5.30. The van der Waals surface area contributed by atoms with E-state index in [4.69, 9.17) is 15.2 Å². The largest absolute Gasteiger partial charge is 0.497 e. The van der Waals surface area contributed by atoms with E-state index in [-0.39, 0.29) is 11.6 Å². The molecule has 1 unspecified atom stereocenters. The predicted molar refractivity (Wildman–Crippen MR) is 70.2 cm³/mol. The van der Waals surface area contributed by atoms with E-state index >= 15 is 0 Å². The number of methoxy groups -OCH3 is 2. The van der Waals surface area contributed by atoms with E-state index in [2.05, 4.69) is 13.8 Å². The van der Waals surface area contributed by atoms with Crippen LogP contribution in [0.4, 0.5) is 0 Å². The molecule has 17 heavy (non-hydrogen) atoms. The Labute approximate surface area is 104 Å². The van der Waals surface area contributed by atoms with Gasteiger partial charge in [0.25, 0.3) is 0 Å². The van der Waals surface area contributed by atoms with Gasteiger partial charge in [0, 0.05) is 13.2 Å². The van der Waals surface area contributed by atoms with Gasteiger partial charge >= 0.3 is 0 Å². The third kappa shape index (κ3) is 4.36. The Balaban J connectivity index is 2.60. The third-order valence-electron chi connectivity index (χ3n) is 3.13. The molecule has 0 bridgehead atoms. The van der Waals surface area contributed by atoms with Gasteiger partial charge in [-0.15, -0.1) is 0 Å². The van der Waals surface area contributed by atoms with Crippen LogP contribution in [0.3, 0.4) is 0 Å². The zero-order valence-electron chi connectivity index (χ0n) is 11.2. The van der Waals surface area contributed by atoms with Crippen molar-refractivity contribution in [3.05, 3.63) is 29.8 Å². The number of benzene rings is 1. The Hall–Kier alpha value is -1.06. The summed E-state index contributed by atoms with van der Waals surface area (Å²) in [6.07, 6.45) is 1.83. The molecule has 2 N–H and O–H groups in total. The van der Waals surface area contributed by atoms with Crippen LogP contribution in [0.25, 0.3) is 0 Å². The maximum absolute atomic E-state index is 6.17. The molecule has 3 nitrogen and oxygen atoms in total. The molecule has 0 heterocycles. The molecule has 0 saturated heterocycles. The van der Waals surface area contributed by atoms with Crippen LogP contribution in [-0.4, -0.2) is 19.8 Å². The molecule has 1 atom stereocenters. The molecular formula is C14H23NO2. The average Bonchev–Trinajstić information content (AvgIpc) is 2.36. The van der Waals surface area contributed by atoms with Crippen LogP contribution >= 0.6 is 0 Å². The van der Waals surface area contributed by atoms with Crippen LogP contribution in [0, 0.1) is 0 Å². The normalized spacial score (nSPS) is 13.5. The standard InChI is InChI=1S/C14H23NO2/c1-14(2,17-4)9-8-13(15)11-6-5-7-12(10-11)16-3/h5-7,10,13H,8-9,15H2,1-4H3. The maximum atomic E-state index is 6.17. The quantitative estimate of drug-likeness (QED) is 0.827. The van der Waals surface area contributed by atoms with Gasteiger partial charge in [0.2, 0.25) is 0 Å². The van der Waals surface area contributed by atoms with E-state index in [1.807, 2.05) is 24.3 Å². The second-order valence-electron chi connectivity index (χ2n) is 4.89. The molecule has 1 rings (SSSR count). The molecule has 3 heteroatoms. The molecule has 0 aromatic heterocycles. The lowest BCUT2D eigenvalue weighted by molar-refractivity contribution is 0.0125. The number of nitrogens with two attached hydrogens (primary N) is 1. The first-order valence-electron chi connectivity index (χ1n) is 5.93. The Morgan fingerprint density at radius 3 is 2.59 bits per heavy atom. The van der Waals surface area contributed by atoms with Gasteiger partial charge < -0.3 is 15.2 Å². The number of hydrogen-bond acceptors (Lipinski definition) is 3. The van der Waals surface area contributed by atoms with E-state index in [1.165, 1.54) is 0 Å². The Morgan fingerprint density at radius 1 is 1.29 bits per heavy atom. The average molecular weight is 237 g/mol. The lowest BCUT2D eigenvalue weighted by Crippen LogP contribution is -2.24. The highest BCUT2D eigenvalue weighted by Crippen LogP contribution is 2.24.